The Bertz CT molecular complexity index is 821. The van der Waals surface area contributed by atoms with E-state index >= 15 is 0 Å². The first-order valence-electron chi connectivity index (χ1n) is 6.01. The van der Waals surface area contributed by atoms with Crippen molar-refractivity contribution in [3.8, 4) is 0 Å². The van der Waals surface area contributed by atoms with Crippen molar-refractivity contribution in [3.05, 3.63) is 49.9 Å². The highest BCUT2D eigenvalue weighted by Crippen LogP contribution is 2.38. The third-order valence-corrected chi connectivity index (χ3v) is 3.59. The number of alkyl halides is 3. The molecule has 1 aromatic heterocycles. The summed E-state index contributed by atoms with van der Waals surface area (Å²) < 4.78 is 39.3. The highest BCUT2D eigenvalue weighted by atomic mass is 35.5. The van der Waals surface area contributed by atoms with Gasteiger partial charge in [-0.1, -0.05) is 11.6 Å². The first-order chi connectivity index (χ1) is 10.1. The maximum Gasteiger partial charge on any atom is 0.418 e. The number of rotatable bonds is 2. The van der Waals surface area contributed by atoms with Crippen molar-refractivity contribution >= 4 is 23.1 Å². The van der Waals surface area contributed by atoms with Gasteiger partial charge in [0.2, 0.25) is 5.78 Å². The second-order valence-corrected chi connectivity index (χ2v) is 5.07. The summed E-state index contributed by atoms with van der Waals surface area (Å²) in [6.07, 6.45) is -4.69. The zero-order valence-electron chi connectivity index (χ0n) is 11.5. The maximum absolute atomic E-state index is 12.7. The Morgan fingerprint density at radius 2 is 1.95 bits per heavy atom. The summed E-state index contributed by atoms with van der Waals surface area (Å²) in [6, 6.07) is 1.58. The van der Waals surface area contributed by atoms with Gasteiger partial charge in [0.1, 0.15) is 5.56 Å². The van der Waals surface area contributed by atoms with E-state index in [1.165, 1.54) is 14.0 Å². The number of halogens is 4. The molecule has 0 fully saturated rings. The molecule has 0 atom stereocenters. The summed E-state index contributed by atoms with van der Waals surface area (Å²) in [5.74, 6) is -0.787. The number of aryl methyl sites for hydroxylation is 2. The van der Waals surface area contributed by atoms with E-state index in [2.05, 4.69) is 5.10 Å². The summed E-state index contributed by atoms with van der Waals surface area (Å²) in [7, 11) is 1.41. The summed E-state index contributed by atoms with van der Waals surface area (Å²) >= 11 is 5.80. The second-order valence-electron chi connectivity index (χ2n) is 4.69. The van der Waals surface area contributed by atoms with Gasteiger partial charge in [0.05, 0.1) is 16.3 Å². The van der Waals surface area contributed by atoms with Crippen molar-refractivity contribution < 1.29 is 18.0 Å². The molecule has 1 aromatic carbocycles. The third-order valence-electron chi connectivity index (χ3n) is 3.19. The Kier molecular flexibility index (Phi) is 3.82. The maximum atomic E-state index is 12.7. The van der Waals surface area contributed by atoms with E-state index in [0.29, 0.717) is 6.07 Å². The minimum Gasteiger partial charge on any atom is -0.397 e. The number of hydrogen-bond donors (Lipinski definition) is 2. The molecule has 3 N–H and O–H groups in total. The van der Waals surface area contributed by atoms with E-state index in [1.54, 1.807) is 0 Å². The molecule has 0 amide bonds. The molecule has 0 aliphatic heterocycles. The van der Waals surface area contributed by atoms with Crippen LogP contribution in [0.2, 0.25) is 5.02 Å². The molecule has 22 heavy (non-hydrogen) atoms. The van der Waals surface area contributed by atoms with Crippen LogP contribution in [0.15, 0.2) is 16.9 Å². The lowest BCUT2D eigenvalue weighted by Gasteiger charge is -2.13. The smallest absolute Gasteiger partial charge is 0.397 e. The minimum absolute atomic E-state index is 0.191. The molecular weight excluding hydrogens is 323 g/mol. The fraction of sp³-hybridized carbons (Fsp3) is 0.231. The number of carbonyl (C=O) groups excluding carboxylic acids is 1. The molecule has 0 saturated carbocycles. The van der Waals surface area contributed by atoms with E-state index in [1.807, 2.05) is 0 Å². The third kappa shape index (κ3) is 2.50. The molecule has 0 unspecified atom stereocenters. The zero-order chi connectivity index (χ0) is 16.8. The fourth-order valence-electron chi connectivity index (χ4n) is 2.10. The molecule has 2 rings (SSSR count). The lowest BCUT2D eigenvalue weighted by Crippen LogP contribution is -2.20. The summed E-state index contributed by atoms with van der Waals surface area (Å²) in [5.41, 5.74) is 2.73. The van der Waals surface area contributed by atoms with Crippen molar-refractivity contribution in [2.75, 3.05) is 5.73 Å². The Labute approximate surface area is 127 Å². The van der Waals surface area contributed by atoms with Crippen molar-refractivity contribution in [1.82, 2.24) is 9.78 Å². The van der Waals surface area contributed by atoms with Gasteiger partial charge in [-0.2, -0.15) is 13.2 Å². The average Bonchev–Trinajstić information content (AvgIpc) is 2.64. The van der Waals surface area contributed by atoms with Crippen LogP contribution in [0.3, 0.4) is 0 Å². The molecule has 5 nitrogen and oxygen atoms in total. The largest absolute Gasteiger partial charge is 0.418 e. The van der Waals surface area contributed by atoms with Gasteiger partial charge >= 0.3 is 6.18 Å². The number of carbonyl (C=O) groups is 1. The molecule has 0 spiro atoms. The summed E-state index contributed by atoms with van der Waals surface area (Å²) in [4.78, 5) is 24.3. The van der Waals surface area contributed by atoms with Gasteiger partial charge in [0.15, 0.2) is 0 Å². The molecule has 0 aliphatic rings. The van der Waals surface area contributed by atoms with Gasteiger partial charge in [-0.05, 0) is 19.1 Å². The van der Waals surface area contributed by atoms with Crippen molar-refractivity contribution in [2.45, 2.75) is 13.1 Å². The molecule has 118 valence electrons. The fourth-order valence-corrected chi connectivity index (χ4v) is 2.35. The molecular formula is C13H11ClF3N3O2. The van der Waals surface area contributed by atoms with Crippen molar-refractivity contribution in [3.63, 3.8) is 0 Å². The predicted octanol–water partition coefficient (Wildman–Crippen LogP) is 2.51. The quantitative estimate of drug-likeness (QED) is 0.654. The number of nitrogen functional groups attached to an aromatic ring is 1. The number of H-pyrrole nitrogens is 1. The predicted molar refractivity (Wildman–Crippen MR) is 75.1 cm³/mol. The van der Waals surface area contributed by atoms with Crippen LogP contribution < -0.4 is 11.3 Å². The topological polar surface area (TPSA) is 80.9 Å². The van der Waals surface area contributed by atoms with Gasteiger partial charge in [-0.3, -0.25) is 19.4 Å². The van der Waals surface area contributed by atoms with E-state index < -0.39 is 33.8 Å². The monoisotopic (exact) mass is 333 g/mol. The average molecular weight is 334 g/mol. The highest BCUT2D eigenvalue weighted by Gasteiger charge is 2.35. The standard InChI is InChI=1S/C13H11ClF3N3O2/c1-5-8(12(22)20(2)19-5)11(21)6-3-4-7(13(15,16)17)10(18)9(6)14/h3-4,19H,18H2,1-2H3. The Balaban J connectivity index is 2.62. The van der Waals surface area contributed by atoms with Crippen LogP contribution in [0.4, 0.5) is 18.9 Å². The van der Waals surface area contributed by atoms with Gasteiger partial charge in [-0.25, -0.2) is 0 Å². The van der Waals surface area contributed by atoms with Crippen molar-refractivity contribution in [1.29, 1.82) is 0 Å². The number of nitrogens with two attached hydrogens (primary N) is 1. The van der Waals surface area contributed by atoms with Gasteiger partial charge in [0, 0.05) is 18.3 Å². The Morgan fingerprint density at radius 1 is 1.36 bits per heavy atom. The number of aromatic amines is 1. The number of aromatic nitrogens is 2. The van der Waals surface area contributed by atoms with Crippen LogP contribution in [-0.2, 0) is 13.2 Å². The van der Waals surface area contributed by atoms with E-state index in [-0.39, 0.29) is 16.8 Å². The van der Waals surface area contributed by atoms with Crippen LogP contribution in [0.1, 0.15) is 27.2 Å². The molecule has 0 saturated heterocycles. The molecule has 2 aromatic rings. The lowest BCUT2D eigenvalue weighted by molar-refractivity contribution is -0.136. The molecule has 0 bridgehead atoms. The second kappa shape index (κ2) is 5.20. The number of anilines is 1. The zero-order valence-corrected chi connectivity index (χ0v) is 12.3. The lowest BCUT2D eigenvalue weighted by atomic mass is 10.0. The first kappa shape index (κ1) is 16.2. The summed E-state index contributed by atoms with van der Waals surface area (Å²) in [5, 5.41) is 2.10. The van der Waals surface area contributed by atoms with Crippen molar-refractivity contribution in [2.24, 2.45) is 7.05 Å². The molecule has 0 aliphatic carbocycles. The van der Waals surface area contributed by atoms with E-state index in [4.69, 9.17) is 17.3 Å². The SMILES string of the molecule is Cc1[nH]n(C)c(=O)c1C(=O)c1ccc(C(F)(F)F)c(N)c1Cl. The van der Waals surface area contributed by atoms with E-state index in [0.717, 1.165) is 10.7 Å². The summed E-state index contributed by atoms with van der Waals surface area (Å²) in [6.45, 7) is 1.50. The van der Waals surface area contributed by atoms with Crippen LogP contribution in [0, 0.1) is 6.92 Å². The number of nitrogens with zero attached hydrogens (tertiary/aromatic N) is 1. The molecule has 9 heteroatoms. The highest BCUT2D eigenvalue weighted by molar-refractivity contribution is 6.37. The first-order valence-corrected chi connectivity index (χ1v) is 6.39. The van der Waals surface area contributed by atoms with Crippen LogP contribution >= 0.6 is 11.6 Å². The number of hydrogen-bond acceptors (Lipinski definition) is 3. The molecule has 0 radical (unpaired) electrons. The van der Waals surface area contributed by atoms with E-state index in [9.17, 15) is 22.8 Å². The van der Waals surface area contributed by atoms with Crippen LogP contribution in [0.5, 0.6) is 0 Å². The minimum atomic E-state index is -4.69. The number of benzene rings is 1. The van der Waals surface area contributed by atoms with Gasteiger partial charge in [-0.15, -0.1) is 0 Å². The van der Waals surface area contributed by atoms with Crippen LogP contribution in [0.25, 0.3) is 0 Å². The van der Waals surface area contributed by atoms with Crippen LogP contribution in [-0.4, -0.2) is 15.6 Å². The Hall–Kier alpha value is -2.22. The number of nitrogens with one attached hydrogen (secondary N) is 1. The molecule has 1 heterocycles. The van der Waals surface area contributed by atoms with Gasteiger partial charge < -0.3 is 5.73 Å². The number of ketones is 1. The normalized spacial score (nSPS) is 11.7. The Morgan fingerprint density at radius 3 is 2.41 bits per heavy atom. The van der Waals surface area contributed by atoms with Gasteiger partial charge in [0.25, 0.3) is 5.56 Å².